The van der Waals surface area contributed by atoms with Gasteiger partial charge < -0.3 is 45.4 Å². The average molecular weight is 1770 g/mol. The van der Waals surface area contributed by atoms with Crippen molar-refractivity contribution in [1.82, 2.24) is 0 Å². The van der Waals surface area contributed by atoms with Crippen molar-refractivity contribution in [3.63, 3.8) is 0 Å². The number of halogens is 11. The van der Waals surface area contributed by atoms with Crippen LogP contribution in [0.3, 0.4) is 0 Å². The molecule has 0 fully saturated rings. The number of aryl methyl sites for hydroxylation is 1. The van der Waals surface area contributed by atoms with E-state index in [1.54, 1.807) is 48.3 Å². The van der Waals surface area contributed by atoms with E-state index in [9.17, 15) is 31.9 Å². The van der Waals surface area contributed by atoms with Gasteiger partial charge in [0.2, 0.25) is 5.02 Å². The molecule has 10 rings (SSSR count). The number of aldehydes is 2. The number of rotatable bonds is 25. The Kier molecular flexibility index (Phi) is 51.0. The van der Waals surface area contributed by atoms with Crippen LogP contribution in [0.4, 0.5) is 17.6 Å². The van der Waals surface area contributed by atoms with E-state index in [0.29, 0.717) is 53.8 Å². The summed E-state index contributed by atoms with van der Waals surface area (Å²) in [6.07, 6.45) is 13.4. The normalized spacial score (nSPS) is 10.5. The molecular formula is C87H97BrCl6F4O9P2Ti. The van der Waals surface area contributed by atoms with E-state index in [1.807, 2.05) is 93.6 Å². The predicted octanol–water partition coefficient (Wildman–Crippen LogP) is 20.0. The van der Waals surface area contributed by atoms with Crippen molar-refractivity contribution in [2.45, 2.75) is 91.0 Å². The second kappa shape index (κ2) is 56.5. The van der Waals surface area contributed by atoms with Crippen LogP contribution < -0.4 is 67.8 Å². The number of allylic oxidation sites excluding steroid dienone is 1. The van der Waals surface area contributed by atoms with Gasteiger partial charge in [-0.25, -0.2) is 22.4 Å². The Morgan fingerprint density at radius 1 is 0.445 bits per heavy atom. The van der Waals surface area contributed by atoms with Gasteiger partial charge in [-0.2, -0.15) is 0 Å². The number of methoxy groups -OCH3 is 5. The van der Waals surface area contributed by atoms with E-state index in [-0.39, 0.29) is 51.6 Å². The number of hydrogen-bond acceptors (Lipinski definition) is 9. The molecule has 23 heteroatoms. The second-order valence-corrected chi connectivity index (χ2v) is 46.5. The first-order valence-electron chi connectivity index (χ1n) is 35.1. The summed E-state index contributed by atoms with van der Waals surface area (Å²) in [5, 5.41) is 7.19. The topological polar surface area (TPSA) is 107 Å². The minimum absolute atomic E-state index is 0. The standard InChI is InChI=1S/C22H21O2P.C21H22P.C12H15FO2.C11H15FO.C11H13FO.C8H7FO2.C2H4Cl2O.BrH.4ClH.Ti/c1-2-24-22(23)18-25(19-12-6-3-7-13-19,20-14-8-4-9-15-20)21-16-10-5-11-17-21;1-2-18-22(19-12-6-3-7-13-19,20-14-8-4-9-15-20)21-16-10-5-11-17-21;1-3-4-5-10-9(8-14)6-7-11(15-2)12(10)13;2*1-3-4-6-9-7-5-8-10(13-2)11(9)12;1-11-7-4-2-3-6(5-10)8(7)9;1-5-2(3)4;;;;;;/h3-18H,2H2,1H3;3-17H,2,18H2,1H3;6-8H,3-5H2,1-2H3;5,7-8H,3-4,6H2,1-2H3;4-8H,3H2,1-2H3;2-5H,1H3;2H,1H3;5*1H;/q;+1;;;;;;;;;;;+4/p-5/b;;;;6-4+;;;;;;;;. The summed E-state index contributed by atoms with van der Waals surface area (Å²) in [7, 11) is 25.7. The Morgan fingerprint density at radius 2 is 0.800 bits per heavy atom. The SMILES string of the molecule is CC/C=C/c1cccc(OC)c1F.CCCCc1c(C=O)ccc(OC)c1F.CCCCc1cccc(OC)c1F.CCC[P+](c1ccccc1)(c1ccccc1)c1ccccc1.CCOC(=O)C=P(c1ccccc1)(c1ccccc1)c1ccccc1.COC(Cl)Cl.COc1cccc(C=O)c1F.[Br-].[Cl][Ti]([Cl])([Cl])[Cl]. The third-order valence-corrected chi connectivity index (χ3v) is 24.9. The van der Waals surface area contributed by atoms with Gasteiger partial charge in [-0.05, 0) is 147 Å². The van der Waals surface area contributed by atoms with Gasteiger partial charge >= 0.3 is 55.5 Å². The van der Waals surface area contributed by atoms with Gasteiger partial charge in [0, 0.05) is 29.6 Å². The molecule has 0 saturated heterocycles. The molecule has 0 radical (unpaired) electrons. The maximum atomic E-state index is 13.8. The summed E-state index contributed by atoms with van der Waals surface area (Å²) in [5.41, 5.74) is 2.22. The zero-order valence-electron chi connectivity index (χ0n) is 63.4. The first-order chi connectivity index (χ1) is 52.5. The number of unbranched alkanes of at least 4 members (excludes halogenated alkanes) is 2. The predicted molar refractivity (Wildman–Crippen MR) is 453 cm³/mol. The van der Waals surface area contributed by atoms with Crippen molar-refractivity contribution in [3.8, 4) is 23.0 Å². The summed E-state index contributed by atoms with van der Waals surface area (Å²) in [5.74, 6) is 0.936. The monoisotopic (exact) mass is 1760 g/mol. The summed E-state index contributed by atoms with van der Waals surface area (Å²) < 4.78 is 82.4. The number of hydrogen-bond donors (Lipinski definition) is 0. The average Bonchev–Trinajstić information content (AvgIpc) is 0.775. The van der Waals surface area contributed by atoms with Gasteiger partial charge in [-0.1, -0.05) is 252 Å². The number of benzene rings is 10. The van der Waals surface area contributed by atoms with Gasteiger partial charge in [0.25, 0.3) is 0 Å². The summed E-state index contributed by atoms with van der Waals surface area (Å²) >= 11 is 6.90. The molecule has 0 N–H and O–H groups in total. The van der Waals surface area contributed by atoms with Crippen molar-refractivity contribution in [2.24, 2.45) is 0 Å². The van der Waals surface area contributed by atoms with Crippen LogP contribution in [0.5, 0.6) is 23.0 Å². The minimum atomic E-state index is -3.11. The van der Waals surface area contributed by atoms with Crippen LogP contribution in [0.1, 0.15) is 111 Å². The molecule has 0 heterocycles. The van der Waals surface area contributed by atoms with E-state index in [1.165, 1.54) is 82.2 Å². The molecular weight excluding hydrogens is 1670 g/mol. The van der Waals surface area contributed by atoms with Crippen LogP contribution in [0.15, 0.2) is 255 Å². The molecule has 0 amide bonds. The van der Waals surface area contributed by atoms with Crippen LogP contribution in [-0.2, 0) is 39.5 Å². The third kappa shape index (κ3) is 33.5. The van der Waals surface area contributed by atoms with E-state index in [4.69, 9.17) is 79.4 Å². The fourth-order valence-electron chi connectivity index (χ4n) is 10.8. The van der Waals surface area contributed by atoms with Crippen LogP contribution >= 0.6 is 74.6 Å². The van der Waals surface area contributed by atoms with Crippen LogP contribution in [0.2, 0.25) is 0 Å². The fourth-order valence-corrected chi connectivity index (χ4v) is 18.9. The van der Waals surface area contributed by atoms with Crippen molar-refractivity contribution in [1.29, 1.82) is 0 Å². The van der Waals surface area contributed by atoms with Gasteiger partial charge in [0.05, 0.1) is 46.8 Å². The molecule has 10 aromatic carbocycles. The summed E-state index contributed by atoms with van der Waals surface area (Å²) in [6.45, 7) is 8.39. The Balaban J connectivity index is 0.000000445. The molecule has 590 valence electrons. The number of esters is 1. The number of ether oxygens (including phenoxy) is 6. The van der Waals surface area contributed by atoms with Crippen LogP contribution in [-0.4, -0.2) is 77.7 Å². The van der Waals surface area contributed by atoms with Crippen LogP contribution in [0, 0.1) is 23.3 Å². The molecule has 0 spiro atoms. The molecule has 10 aromatic rings. The number of carbonyl (C=O) groups excluding carboxylic acids is 3. The first kappa shape index (κ1) is 99.4. The van der Waals surface area contributed by atoms with E-state index < -0.39 is 43.2 Å². The van der Waals surface area contributed by atoms with Gasteiger partial charge in [-0.3, -0.25) is 9.59 Å². The molecule has 0 aliphatic rings. The van der Waals surface area contributed by atoms with Crippen molar-refractivity contribution >= 4 is 137 Å². The Labute approximate surface area is 688 Å². The van der Waals surface area contributed by atoms with Gasteiger partial charge in [0.15, 0.2) is 52.6 Å². The molecule has 0 atom stereocenters. The molecule has 0 unspecified atom stereocenters. The van der Waals surface area contributed by atoms with E-state index in [2.05, 4.69) is 151 Å². The Hall–Kier alpha value is -6.71. The first-order valence-corrected chi connectivity index (χ1v) is 48.4. The molecule has 0 aliphatic carbocycles. The quantitative estimate of drug-likeness (QED) is 0.0138. The summed E-state index contributed by atoms with van der Waals surface area (Å²) in [4.78, 5) is 33.5. The molecule has 0 aliphatic heterocycles. The molecule has 0 saturated carbocycles. The Morgan fingerprint density at radius 3 is 1.15 bits per heavy atom. The fraction of sp³-hybridized carbons (Fsp3) is 0.241. The summed E-state index contributed by atoms with van der Waals surface area (Å²) in [6, 6.07) is 81.8. The van der Waals surface area contributed by atoms with Crippen molar-refractivity contribution in [3.05, 3.63) is 306 Å². The van der Waals surface area contributed by atoms with Crippen molar-refractivity contribution in [2.75, 3.05) is 48.3 Å². The maximum absolute atomic E-state index is 13.8. The van der Waals surface area contributed by atoms with E-state index in [0.717, 1.165) is 60.0 Å². The number of carbonyl (C=O) groups is 3. The zero-order valence-corrected chi connectivity index (χ0v) is 72.9. The molecule has 0 aromatic heterocycles. The van der Waals surface area contributed by atoms with Crippen LogP contribution in [0.25, 0.3) is 6.08 Å². The zero-order chi connectivity index (χ0) is 80.5. The Bertz CT molecular complexity index is 4090. The van der Waals surface area contributed by atoms with Crippen molar-refractivity contribution < 1.29 is 89.7 Å². The molecule has 9 nitrogen and oxygen atoms in total. The third-order valence-electron chi connectivity index (χ3n) is 15.9. The molecule has 0 bridgehead atoms. The van der Waals surface area contributed by atoms with Gasteiger partial charge in [-0.15, -0.1) is 0 Å². The van der Waals surface area contributed by atoms with E-state index >= 15 is 0 Å². The molecule has 110 heavy (non-hydrogen) atoms. The second-order valence-electron chi connectivity index (χ2n) is 23.1. The number of alkyl halides is 2. The van der Waals surface area contributed by atoms with Gasteiger partial charge in [0.1, 0.15) is 29.5 Å².